The molecule has 0 bridgehead atoms. The van der Waals surface area contributed by atoms with Gasteiger partial charge in [0.1, 0.15) is 36.6 Å². The summed E-state index contributed by atoms with van der Waals surface area (Å²) in [7, 11) is 1.31. The molecule has 3 aliphatic heterocycles. The fourth-order valence-electron chi connectivity index (χ4n) is 4.46. The average molecular weight is 564 g/mol. The van der Waals surface area contributed by atoms with Gasteiger partial charge in [-0.1, -0.05) is 6.07 Å². The van der Waals surface area contributed by atoms with Crippen molar-refractivity contribution in [2.75, 3.05) is 20.3 Å². The molecule has 14 nitrogen and oxygen atoms in total. The molecule has 0 saturated carbocycles. The smallest absolute Gasteiger partial charge is 0.232 e. The number of aromatic hydroxyl groups is 2. The molecule has 0 aliphatic carbocycles. The quantitative estimate of drug-likeness (QED) is 0.166. The van der Waals surface area contributed by atoms with E-state index >= 15 is 0 Å². The summed E-state index contributed by atoms with van der Waals surface area (Å²) in [5.41, 5.74) is 0.554. The summed E-state index contributed by atoms with van der Waals surface area (Å²) in [6.07, 6.45) is -10.2. The van der Waals surface area contributed by atoms with Crippen LogP contribution >= 0.6 is 0 Å². The van der Waals surface area contributed by atoms with Crippen molar-refractivity contribution in [3.8, 4) is 28.7 Å². The van der Waals surface area contributed by atoms with Crippen molar-refractivity contribution in [1.29, 1.82) is 0 Å². The predicted molar refractivity (Wildman–Crippen MR) is 131 cm³/mol. The molecule has 0 radical (unpaired) electrons. The minimum atomic E-state index is -1.65. The second-order valence-corrected chi connectivity index (χ2v) is 9.39. The standard InChI is InChI=1S/C26H28O14/c1-35-24-15(5-3-11-18(30)16(38-23(11)24)7-10-2-4-12(27)13(28)6-10)39-26-22(34)20(32)17(9-37-26)40-25-21(33)19(31)14(29)8-36-25/h2-7,14,17,19-22,25-29,31-34H,8-9H2,1H3/b16-7-/t14-,17+,19+,20-,21-,22-,25+,26-/m0/s1. The average Bonchev–Trinajstić information content (AvgIpc) is 3.25. The first-order valence-corrected chi connectivity index (χ1v) is 12.2. The maximum absolute atomic E-state index is 12.9. The lowest BCUT2D eigenvalue weighted by Crippen LogP contribution is -2.60. The number of carbonyl (C=O) groups is 1. The van der Waals surface area contributed by atoms with Gasteiger partial charge in [-0.25, -0.2) is 0 Å². The molecule has 0 spiro atoms. The molecule has 0 unspecified atom stereocenters. The van der Waals surface area contributed by atoms with E-state index in [1.54, 1.807) is 0 Å². The van der Waals surface area contributed by atoms with Gasteiger partial charge in [-0.05, 0) is 35.9 Å². The largest absolute Gasteiger partial charge is 0.504 e. The number of Topliss-reactive ketones (excluding diaryl/α,β-unsaturated/α-hetero) is 1. The number of phenols is 2. The molecule has 8 atom stereocenters. The molecule has 3 aliphatic rings. The van der Waals surface area contributed by atoms with Crippen LogP contribution in [-0.4, -0.2) is 111 Å². The molecule has 0 amide bonds. The number of hydrogen-bond acceptors (Lipinski definition) is 14. The normalized spacial score (nSPS) is 33.0. The summed E-state index contributed by atoms with van der Waals surface area (Å²) in [5, 5.41) is 70.0. The van der Waals surface area contributed by atoms with Gasteiger partial charge in [-0.2, -0.15) is 0 Å². The molecule has 216 valence electrons. The highest BCUT2D eigenvalue weighted by molar-refractivity contribution is 6.15. The minimum Gasteiger partial charge on any atom is -0.504 e. The summed E-state index contributed by atoms with van der Waals surface area (Å²) >= 11 is 0. The van der Waals surface area contributed by atoms with Crippen LogP contribution in [0.2, 0.25) is 0 Å². The first-order valence-electron chi connectivity index (χ1n) is 12.2. The van der Waals surface area contributed by atoms with E-state index in [0.29, 0.717) is 5.56 Å². The Morgan fingerprint density at radius 1 is 0.875 bits per heavy atom. The third-order valence-corrected chi connectivity index (χ3v) is 6.70. The van der Waals surface area contributed by atoms with E-state index in [-0.39, 0.29) is 53.3 Å². The van der Waals surface area contributed by atoms with Crippen LogP contribution in [0.5, 0.6) is 28.7 Å². The number of methoxy groups -OCH3 is 1. The topological polar surface area (TPSA) is 214 Å². The number of ketones is 1. The summed E-state index contributed by atoms with van der Waals surface area (Å²) in [4.78, 5) is 12.9. The van der Waals surface area contributed by atoms with Crippen LogP contribution in [0.15, 0.2) is 36.1 Å². The van der Waals surface area contributed by atoms with E-state index < -0.39 is 55.0 Å². The number of rotatable bonds is 6. The Kier molecular flexibility index (Phi) is 7.85. The Morgan fingerprint density at radius 2 is 1.60 bits per heavy atom. The van der Waals surface area contributed by atoms with Crippen molar-refractivity contribution < 1.29 is 69.0 Å². The van der Waals surface area contributed by atoms with Crippen LogP contribution in [0, 0.1) is 0 Å². The lowest BCUT2D eigenvalue weighted by Gasteiger charge is -2.41. The molecule has 2 aromatic rings. The zero-order chi connectivity index (χ0) is 28.7. The van der Waals surface area contributed by atoms with Gasteiger partial charge in [0.25, 0.3) is 0 Å². The second-order valence-electron chi connectivity index (χ2n) is 9.39. The van der Waals surface area contributed by atoms with Crippen molar-refractivity contribution in [3.63, 3.8) is 0 Å². The van der Waals surface area contributed by atoms with E-state index in [0.717, 1.165) is 0 Å². The minimum absolute atomic E-state index is 0.0118. The molecular formula is C26H28O14. The maximum Gasteiger partial charge on any atom is 0.232 e. The summed E-state index contributed by atoms with van der Waals surface area (Å²) in [6, 6.07) is 6.81. The van der Waals surface area contributed by atoms with E-state index in [2.05, 4.69) is 0 Å². The van der Waals surface area contributed by atoms with Gasteiger partial charge in [0.15, 0.2) is 35.0 Å². The molecule has 7 N–H and O–H groups in total. The first-order chi connectivity index (χ1) is 19.1. The van der Waals surface area contributed by atoms with Crippen molar-refractivity contribution in [3.05, 3.63) is 47.2 Å². The zero-order valence-electron chi connectivity index (χ0n) is 21.0. The van der Waals surface area contributed by atoms with Crippen LogP contribution in [0.3, 0.4) is 0 Å². The number of hydrogen-bond donors (Lipinski definition) is 7. The van der Waals surface area contributed by atoms with Gasteiger partial charge in [-0.15, -0.1) is 0 Å². The number of phenolic OH excluding ortho intramolecular Hbond substituents is 2. The highest BCUT2D eigenvalue weighted by Gasteiger charge is 2.46. The van der Waals surface area contributed by atoms with Crippen molar-refractivity contribution in [1.82, 2.24) is 0 Å². The first kappa shape index (κ1) is 28.1. The number of fused-ring (bicyclic) bond motifs is 1. The Hall–Kier alpha value is -3.47. The molecule has 5 rings (SSSR count). The number of benzene rings is 2. The van der Waals surface area contributed by atoms with Gasteiger partial charge in [0.2, 0.25) is 17.8 Å². The Labute approximate surface area is 226 Å². The number of aliphatic hydroxyl groups excluding tert-OH is 5. The van der Waals surface area contributed by atoms with Crippen LogP contribution < -0.4 is 14.2 Å². The lowest BCUT2D eigenvalue weighted by molar-refractivity contribution is -0.320. The molecule has 40 heavy (non-hydrogen) atoms. The molecule has 0 aromatic heterocycles. The predicted octanol–water partition coefficient (Wildman–Crippen LogP) is -0.996. The fourth-order valence-corrected chi connectivity index (χ4v) is 4.46. The third-order valence-electron chi connectivity index (χ3n) is 6.70. The number of allylic oxidation sites excluding steroid dienone is 1. The Bertz CT molecular complexity index is 1290. The van der Waals surface area contributed by atoms with Crippen LogP contribution in [0.4, 0.5) is 0 Å². The highest BCUT2D eigenvalue weighted by atomic mass is 16.7. The van der Waals surface area contributed by atoms with Crippen LogP contribution in [0.1, 0.15) is 15.9 Å². The SMILES string of the molecule is COc1c(O[C@@H]2OC[C@@H](O[C@H]3OC[C@H](O)[C@@H](O)[C@@H]3O)[C@H](O)[C@@H]2O)ccc2c1O/C(=C\c1ccc(O)c(O)c1)C2=O. The van der Waals surface area contributed by atoms with E-state index in [1.807, 2.05) is 0 Å². The molecular weight excluding hydrogens is 536 g/mol. The summed E-state index contributed by atoms with van der Waals surface area (Å²) in [5.74, 6) is -1.16. The van der Waals surface area contributed by atoms with Gasteiger partial charge in [-0.3, -0.25) is 4.79 Å². The van der Waals surface area contributed by atoms with Gasteiger partial charge in [0, 0.05) is 0 Å². The summed E-state index contributed by atoms with van der Waals surface area (Å²) < 4.78 is 33.1. The molecule has 2 saturated heterocycles. The number of carbonyl (C=O) groups excluding carboxylic acids is 1. The van der Waals surface area contributed by atoms with Crippen molar-refractivity contribution in [2.45, 2.75) is 49.2 Å². The number of ether oxygens (including phenoxy) is 6. The highest BCUT2D eigenvalue weighted by Crippen LogP contribution is 2.46. The van der Waals surface area contributed by atoms with Crippen molar-refractivity contribution in [2.24, 2.45) is 0 Å². The summed E-state index contributed by atoms with van der Waals surface area (Å²) in [6.45, 7) is -0.611. The monoisotopic (exact) mass is 564 g/mol. The lowest BCUT2D eigenvalue weighted by atomic mass is 10.0. The van der Waals surface area contributed by atoms with E-state index in [1.165, 1.54) is 43.5 Å². The van der Waals surface area contributed by atoms with Crippen molar-refractivity contribution >= 4 is 11.9 Å². The van der Waals surface area contributed by atoms with Crippen LogP contribution in [-0.2, 0) is 14.2 Å². The van der Waals surface area contributed by atoms with Gasteiger partial charge < -0.3 is 64.2 Å². The maximum atomic E-state index is 12.9. The zero-order valence-corrected chi connectivity index (χ0v) is 21.0. The Morgan fingerprint density at radius 3 is 2.33 bits per heavy atom. The second kappa shape index (κ2) is 11.2. The fraction of sp³-hybridized carbons (Fsp3) is 0.423. The van der Waals surface area contributed by atoms with Gasteiger partial charge in [0.05, 0.1) is 25.9 Å². The molecule has 14 heteroatoms. The van der Waals surface area contributed by atoms with E-state index in [9.17, 15) is 40.5 Å². The van der Waals surface area contributed by atoms with Gasteiger partial charge >= 0.3 is 0 Å². The Balaban J connectivity index is 1.29. The molecule has 3 heterocycles. The van der Waals surface area contributed by atoms with Crippen LogP contribution in [0.25, 0.3) is 6.08 Å². The molecule has 2 aromatic carbocycles. The van der Waals surface area contributed by atoms with E-state index in [4.69, 9.17) is 28.4 Å². The number of aliphatic hydroxyl groups is 5. The third kappa shape index (κ3) is 5.18. The molecule has 2 fully saturated rings.